The minimum absolute atomic E-state index is 0.0778. The first-order valence-electron chi connectivity index (χ1n) is 10.0. The number of likely N-dealkylation sites (tertiary alicyclic amines) is 1. The lowest BCUT2D eigenvalue weighted by atomic mass is 9.96. The van der Waals surface area contributed by atoms with Crippen LogP contribution in [0.5, 0.6) is 0 Å². The lowest BCUT2D eigenvalue weighted by molar-refractivity contribution is 0.0679. The number of halogens is 1. The zero-order valence-electron chi connectivity index (χ0n) is 17.5. The van der Waals surface area contributed by atoms with E-state index in [0.29, 0.717) is 38.0 Å². The Bertz CT molecular complexity index is 1050. The maximum atomic E-state index is 13.8. The molecule has 0 bridgehead atoms. The predicted octanol–water partition coefficient (Wildman–Crippen LogP) is 2.36. The minimum Gasteiger partial charge on any atom is -0.352 e. The molecule has 31 heavy (non-hydrogen) atoms. The van der Waals surface area contributed by atoms with Crippen molar-refractivity contribution in [3.63, 3.8) is 0 Å². The van der Waals surface area contributed by atoms with Crippen LogP contribution in [0.4, 0.5) is 4.39 Å². The van der Waals surface area contributed by atoms with Gasteiger partial charge in [-0.05, 0) is 55.2 Å². The Morgan fingerprint density at radius 2 is 1.68 bits per heavy atom. The number of carbonyl (C=O) groups is 2. The minimum atomic E-state index is -3.54. The molecule has 0 radical (unpaired) electrons. The number of amides is 2. The Morgan fingerprint density at radius 1 is 1.06 bits per heavy atom. The molecular weight excluding hydrogens is 421 g/mol. The molecule has 0 unspecified atom stereocenters. The van der Waals surface area contributed by atoms with Crippen molar-refractivity contribution < 1.29 is 22.4 Å². The summed E-state index contributed by atoms with van der Waals surface area (Å²) >= 11 is 0. The van der Waals surface area contributed by atoms with E-state index in [2.05, 4.69) is 5.32 Å². The van der Waals surface area contributed by atoms with Gasteiger partial charge in [0.25, 0.3) is 11.8 Å². The molecule has 1 aliphatic heterocycles. The molecule has 9 heteroatoms. The van der Waals surface area contributed by atoms with Crippen molar-refractivity contribution in [3.8, 4) is 0 Å². The zero-order chi connectivity index (χ0) is 22.6. The molecule has 1 fully saturated rings. The van der Waals surface area contributed by atoms with Gasteiger partial charge in [0.05, 0.1) is 10.5 Å². The lowest BCUT2D eigenvalue weighted by Crippen LogP contribution is -2.41. The highest BCUT2D eigenvalue weighted by Gasteiger charge is 2.25. The molecule has 0 aliphatic carbocycles. The van der Waals surface area contributed by atoms with E-state index in [1.165, 1.54) is 50.5 Å². The van der Waals surface area contributed by atoms with Crippen molar-refractivity contribution in [2.75, 3.05) is 33.7 Å². The molecule has 166 valence electrons. The third-order valence-corrected chi connectivity index (χ3v) is 7.28. The number of hydrogen-bond donors (Lipinski definition) is 1. The van der Waals surface area contributed by atoms with Crippen LogP contribution in [0.15, 0.2) is 53.4 Å². The van der Waals surface area contributed by atoms with Gasteiger partial charge >= 0.3 is 0 Å². The van der Waals surface area contributed by atoms with Gasteiger partial charge in [0.15, 0.2) is 0 Å². The van der Waals surface area contributed by atoms with Gasteiger partial charge in [-0.1, -0.05) is 12.1 Å². The van der Waals surface area contributed by atoms with Gasteiger partial charge in [0, 0.05) is 39.3 Å². The fourth-order valence-corrected chi connectivity index (χ4v) is 4.38. The molecule has 2 aromatic carbocycles. The topological polar surface area (TPSA) is 86.8 Å². The van der Waals surface area contributed by atoms with Crippen LogP contribution in [0.2, 0.25) is 0 Å². The summed E-state index contributed by atoms with van der Waals surface area (Å²) in [5.74, 6) is -0.902. The Balaban J connectivity index is 1.50. The Labute approximate surface area is 181 Å². The summed E-state index contributed by atoms with van der Waals surface area (Å²) in [6.45, 7) is 1.47. The van der Waals surface area contributed by atoms with Crippen molar-refractivity contribution in [1.29, 1.82) is 0 Å². The molecule has 2 aromatic rings. The maximum absolute atomic E-state index is 13.8. The summed E-state index contributed by atoms with van der Waals surface area (Å²) in [4.78, 5) is 26.7. The zero-order valence-corrected chi connectivity index (χ0v) is 18.4. The highest BCUT2D eigenvalue weighted by atomic mass is 32.2. The predicted molar refractivity (Wildman–Crippen MR) is 115 cm³/mol. The van der Waals surface area contributed by atoms with Gasteiger partial charge in [0.2, 0.25) is 10.0 Å². The van der Waals surface area contributed by atoms with Crippen molar-refractivity contribution >= 4 is 21.8 Å². The number of hydrogen-bond acceptors (Lipinski definition) is 4. The van der Waals surface area contributed by atoms with Crippen molar-refractivity contribution in [1.82, 2.24) is 14.5 Å². The number of nitrogens with one attached hydrogen (secondary N) is 1. The summed E-state index contributed by atoms with van der Waals surface area (Å²) < 4.78 is 39.2. The third kappa shape index (κ3) is 5.29. The van der Waals surface area contributed by atoms with E-state index in [-0.39, 0.29) is 28.2 Å². The van der Waals surface area contributed by atoms with Crippen molar-refractivity contribution in [2.45, 2.75) is 17.7 Å². The molecule has 1 N–H and O–H groups in total. The first-order chi connectivity index (χ1) is 14.7. The van der Waals surface area contributed by atoms with E-state index >= 15 is 0 Å². The largest absolute Gasteiger partial charge is 0.352 e. The van der Waals surface area contributed by atoms with Crippen LogP contribution in [0.25, 0.3) is 0 Å². The molecule has 0 atom stereocenters. The van der Waals surface area contributed by atoms with Crippen LogP contribution in [0.3, 0.4) is 0 Å². The normalized spacial score (nSPS) is 15.2. The molecule has 0 spiro atoms. The van der Waals surface area contributed by atoms with E-state index in [1.807, 2.05) is 0 Å². The highest BCUT2D eigenvalue weighted by Crippen LogP contribution is 2.20. The van der Waals surface area contributed by atoms with E-state index in [0.717, 1.165) is 4.31 Å². The summed E-state index contributed by atoms with van der Waals surface area (Å²) in [6.07, 6.45) is 1.42. The lowest BCUT2D eigenvalue weighted by Gasteiger charge is -2.32. The molecule has 3 rings (SSSR count). The Kier molecular flexibility index (Phi) is 7.07. The van der Waals surface area contributed by atoms with Crippen LogP contribution in [-0.2, 0) is 10.0 Å². The second kappa shape index (κ2) is 9.57. The molecule has 1 saturated heterocycles. The molecule has 0 aromatic heterocycles. The van der Waals surface area contributed by atoms with E-state index in [4.69, 9.17) is 0 Å². The first-order valence-corrected chi connectivity index (χ1v) is 11.5. The fraction of sp³-hybridized carbons (Fsp3) is 0.364. The van der Waals surface area contributed by atoms with Gasteiger partial charge in [-0.15, -0.1) is 0 Å². The van der Waals surface area contributed by atoms with Crippen LogP contribution < -0.4 is 5.32 Å². The van der Waals surface area contributed by atoms with Gasteiger partial charge in [-0.25, -0.2) is 17.1 Å². The number of carbonyl (C=O) groups excluding carboxylic acids is 2. The maximum Gasteiger partial charge on any atom is 0.256 e. The molecule has 1 heterocycles. The number of piperidine rings is 1. The molecule has 7 nitrogen and oxygen atoms in total. The van der Waals surface area contributed by atoms with Crippen LogP contribution in [0.1, 0.15) is 33.6 Å². The summed E-state index contributed by atoms with van der Waals surface area (Å²) in [6, 6.07) is 11.8. The summed E-state index contributed by atoms with van der Waals surface area (Å²) in [5, 5.41) is 2.87. The van der Waals surface area contributed by atoms with Crippen LogP contribution in [-0.4, -0.2) is 63.2 Å². The summed E-state index contributed by atoms with van der Waals surface area (Å²) in [7, 11) is -0.639. The number of sulfonamides is 1. The third-order valence-electron chi connectivity index (χ3n) is 5.45. The van der Waals surface area contributed by atoms with Gasteiger partial charge in [-0.3, -0.25) is 9.59 Å². The average molecular weight is 448 g/mol. The SMILES string of the molecule is CN(C)S(=O)(=O)c1ccc(C(=O)NCC2CCN(C(=O)c3ccccc3F)CC2)cc1. The second-order valence-corrected chi connectivity index (χ2v) is 9.89. The van der Waals surface area contributed by atoms with Crippen LogP contribution >= 0.6 is 0 Å². The monoisotopic (exact) mass is 447 g/mol. The number of nitrogens with zero attached hydrogens (tertiary/aromatic N) is 2. The molecule has 1 aliphatic rings. The highest BCUT2D eigenvalue weighted by molar-refractivity contribution is 7.89. The standard InChI is InChI=1S/C22H26FN3O4S/c1-25(2)31(29,30)18-9-7-17(8-10-18)21(27)24-15-16-11-13-26(14-12-16)22(28)19-5-3-4-6-20(19)23/h3-10,16H,11-15H2,1-2H3,(H,24,27). The fourth-order valence-electron chi connectivity index (χ4n) is 3.47. The van der Waals surface area contributed by atoms with Gasteiger partial charge < -0.3 is 10.2 Å². The van der Waals surface area contributed by atoms with Crippen molar-refractivity contribution in [3.05, 3.63) is 65.5 Å². The summed E-state index contributed by atoms with van der Waals surface area (Å²) in [5.41, 5.74) is 0.457. The van der Waals surface area contributed by atoms with E-state index in [9.17, 15) is 22.4 Å². The quantitative estimate of drug-likeness (QED) is 0.737. The second-order valence-electron chi connectivity index (χ2n) is 7.74. The van der Waals surface area contributed by atoms with Crippen LogP contribution in [0, 0.1) is 11.7 Å². The number of benzene rings is 2. The molecular formula is C22H26FN3O4S. The van der Waals surface area contributed by atoms with Gasteiger partial charge in [-0.2, -0.15) is 0 Å². The smallest absolute Gasteiger partial charge is 0.256 e. The molecule has 2 amide bonds. The first kappa shape index (κ1) is 22.9. The number of rotatable bonds is 6. The van der Waals surface area contributed by atoms with Crippen molar-refractivity contribution in [2.24, 2.45) is 5.92 Å². The molecule has 0 saturated carbocycles. The Hall–Kier alpha value is -2.78. The average Bonchev–Trinajstić information content (AvgIpc) is 2.77. The van der Waals surface area contributed by atoms with E-state index in [1.54, 1.807) is 17.0 Å². The Morgan fingerprint density at radius 3 is 2.26 bits per heavy atom. The van der Waals surface area contributed by atoms with Gasteiger partial charge in [0.1, 0.15) is 5.82 Å². The van der Waals surface area contributed by atoms with E-state index < -0.39 is 15.8 Å².